The van der Waals surface area contributed by atoms with Crippen molar-refractivity contribution in [2.24, 2.45) is 5.92 Å². The fraction of sp³-hybridized carbons (Fsp3) is 0.400. The van der Waals surface area contributed by atoms with E-state index in [2.05, 4.69) is 31.6 Å². The van der Waals surface area contributed by atoms with E-state index in [1.165, 1.54) is 5.56 Å². The summed E-state index contributed by atoms with van der Waals surface area (Å²) >= 11 is 6.20. The number of nitrogens with one attached hydrogen (secondary N) is 2. The molecule has 0 bridgehead atoms. The molecule has 7 nitrogen and oxygen atoms in total. The highest BCUT2D eigenvalue weighted by atomic mass is 35.5. The van der Waals surface area contributed by atoms with E-state index in [1.807, 2.05) is 32.0 Å². The molecular weight excluding hydrogens is 498 g/mol. The van der Waals surface area contributed by atoms with Gasteiger partial charge in [0.2, 0.25) is 0 Å². The molecular formula is C30H34ClN5O2. The van der Waals surface area contributed by atoms with Gasteiger partial charge >= 0.3 is 0 Å². The van der Waals surface area contributed by atoms with Crippen LogP contribution in [0.4, 0.5) is 5.82 Å². The Labute approximate surface area is 229 Å². The average molecular weight is 532 g/mol. The molecule has 2 N–H and O–H groups in total. The highest BCUT2D eigenvalue weighted by molar-refractivity contribution is 6.33. The Hall–Kier alpha value is -3.45. The van der Waals surface area contributed by atoms with Crippen molar-refractivity contribution in [2.75, 3.05) is 24.5 Å². The lowest BCUT2D eigenvalue weighted by atomic mass is 9.93. The molecule has 2 amide bonds. The second-order valence-corrected chi connectivity index (χ2v) is 10.8. The number of anilines is 1. The summed E-state index contributed by atoms with van der Waals surface area (Å²) in [7, 11) is 0. The van der Waals surface area contributed by atoms with E-state index in [0.717, 1.165) is 68.1 Å². The topological polar surface area (TPSA) is 87.2 Å². The molecule has 1 aliphatic heterocycles. The number of fused-ring (bicyclic) bond motifs is 1. The third kappa shape index (κ3) is 5.99. The molecule has 8 heteroatoms. The number of benzene rings is 2. The number of carbonyl (C=O) groups excluding carboxylic acids is 2. The Balaban J connectivity index is 1.12. The van der Waals surface area contributed by atoms with Gasteiger partial charge in [-0.2, -0.15) is 0 Å². The van der Waals surface area contributed by atoms with Crippen LogP contribution < -0.4 is 15.5 Å². The molecule has 0 unspecified atom stereocenters. The van der Waals surface area contributed by atoms with Crippen LogP contribution in [0.15, 0.2) is 48.5 Å². The maximum absolute atomic E-state index is 12.9. The Morgan fingerprint density at radius 1 is 1.00 bits per heavy atom. The molecule has 1 aliphatic carbocycles. The zero-order chi connectivity index (χ0) is 26.6. The van der Waals surface area contributed by atoms with Crippen LogP contribution in [-0.4, -0.2) is 41.4 Å². The van der Waals surface area contributed by atoms with E-state index in [9.17, 15) is 9.59 Å². The second-order valence-electron chi connectivity index (χ2n) is 10.3. The van der Waals surface area contributed by atoms with Gasteiger partial charge in [-0.1, -0.05) is 29.8 Å². The van der Waals surface area contributed by atoms with Gasteiger partial charge in [0, 0.05) is 37.0 Å². The summed E-state index contributed by atoms with van der Waals surface area (Å²) in [5, 5.41) is 6.64. The molecule has 2 aromatic carbocycles. The van der Waals surface area contributed by atoms with Crippen LogP contribution in [-0.2, 0) is 6.42 Å². The highest BCUT2D eigenvalue weighted by Gasteiger charge is 2.26. The molecule has 3 aromatic rings. The van der Waals surface area contributed by atoms with Crippen LogP contribution >= 0.6 is 11.6 Å². The second kappa shape index (κ2) is 11.5. The SMILES string of the molecule is Cc1cc(N2CCC(CCNC(=O)c3ccc4c(c3)[C@H](NC(=O)c3ccccc3Cl)CC4)CC2)nc(C)n1. The number of piperidine rings is 1. The molecule has 38 heavy (non-hydrogen) atoms. The minimum absolute atomic E-state index is 0.0692. The van der Waals surface area contributed by atoms with Crippen molar-refractivity contribution < 1.29 is 9.59 Å². The van der Waals surface area contributed by atoms with Crippen molar-refractivity contribution >= 4 is 29.2 Å². The third-order valence-electron chi connectivity index (χ3n) is 7.64. The number of halogens is 1. The normalized spacial score (nSPS) is 17.2. The van der Waals surface area contributed by atoms with Gasteiger partial charge in [0.1, 0.15) is 11.6 Å². The van der Waals surface area contributed by atoms with Gasteiger partial charge in [0.05, 0.1) is 16.6 Å². The number of hydrogen-bond donors (Lipinski definition) is 2. The van der Waals surface area contributed by atoms with Crippen molar-refractivity contribution in [3.05, 3.63) is 87.3 Å². The molecule has 2 aliphatic rings. The summed E-state index contributed by atoms with van der Waals surface area (Å²) in [5.41, 5.74) is 4.28. The van der Waals surface area contributed by atoms with Gasteiger partial charge < -0.3 is 15.5 Å². The van der Waals surface area contributed by atoms with Crippen molar-refractivity contribution in [1.29, 1.82) is 0 Å². The van der Waals surface area contributed by atoms with Crippen molar-refractivity contribution in [3.8, 4) is 0 Å². The predicted molar refractivity (Wildman–Crippen MR) is 150 cm³/mol. The molecule has 1 atom stereocenters. The first kappa shape index (κ1) is 26.2. The zero-order valence-electron chi connectivity index (χ0n) is 22.0. The van der Waals surface area contributed by atoms with Crippen molar-refractivity contribution in [1.82, 2.24) is 20.6 Å². The van der Waals surface area contributed by atoms with Crippen LogP contribution in [0.3, 0.4) is 0 Å². The highest BCUT2D eigenvalue weighted by Crippen LogP contribution is 2.32. The Morgan fingerprint density at radius 3 is 2.55 bits per heavy atom. The standard InChI is InChI=1S/C30H34ClN5O2/c1-19-17-28(34-20(2)33-19)36-15-12-21(13-16-36)11-14-32-29(37)23-8-7-22-9-10-27(25(22)18-23)35-30(38)24-5-3-4-6-26(24)31/h3-8,17-18,21,27H,9-16H2,1-2H3,(H,32,37)(H,35,38)/t27-/m1/s1. The first-order valence-corrected chi connectivity index (χ1v) is 13.8. The van der Waals surface area contributed by atoms with Gasteiger partial charge in [-0.25, -0.2) is 9.97 Å². The van der Waals surface area contributed by atoms with E-state index in [1.54, 1.807) is 24.3 Å². The summed E-state index contributed by atoms with van der Waals surface area (Å²) in [4.78, 5) is 37.0. The zero-order valence-corrected chi connectivity index (χ0v) is 22.7. The Bertz CT molecular complexity index is 1320. The number of amides is 2. The van der Waals surface area contributed by atoms with Crippen LogP contribution in [0.2, 0.25) is 5.02 Å². The molecule has 1 saturated heterocycles. The largest absolute Gasteiger partial charge is 0.356 e. The van der Waals surface area contributed by atoms with Crippen LogP contribution in [0.25, 0.3) is 0 Å². The number of aryl methyl sites for hydroxylation is 3. The monoisotopic (exact) mass is 531 g/mol. The fourth-order valence-corrected chi connectivity index (χ4v) is 5.80. The smallest absolute Gasteiger partial charge is 0.253 e. The van der Waals surface area contributed by atoms with E-state index < -0.39 is 0 Å². The number of rotatable bonds is 7. The quantitative estimate of drug-likeness (QED) is 0.437. The Kier molecular flexibility index (Phi) is 7.93. The summed E-state index contributed by atoms with van der Waals surface area (Å²) in [5.74, 6) is 2.14. The van der Waals surface area contributed by atoms with E-state index in [-0.39, 0.29) is 17.9 Å². The number of aromatic nitrogens is 2. The number of carbonyl (C=O) groups is 2. The predicted octanol–water partition coefficient (Wildman–Crippen LogP) is 5.20. The molecule has 198 valence electrons. The molecule has 2 heterocycles. The first-order chi connectivity index (χ1) is 18.4. The van der Waals surface area contributed by atoms with Gasteiger partial charge in [0.25, 0.3) is 11.8 Å². The summed E-state index contributed by atoms with van der Waals surface area (Å²) in [6, 6.07) is 14.8. The van der Waals surface area contributed by atoms with E-state index in [4.69, 9.17) is 11.6 Å². The number of nitrogens with zero attached hydrogens (tertiary/aromatic N) is 3. The van der Waals surface area contributed by atoms with Crippen molar-refractivity contribution in [2.45, 2.75) is 52.0 Å². The maximum Gasteiger partial charge on any atom is 0.253 e. The first-order valence-electron chi connectivity index (χ1n) is 13.4. The van der Waals surface area contributed by atoms with Gasteiger partial charge in [-0.3, -0.25) is 9.59 Å². The van der Waals surface area contributed by atoms with E-state index >= 15 is 0 Å². The molecule has 5 rings (SSSR count). The Morgan fingerprint density at radius 2 is 1.79 bits per heavy atom. The molecule has 0 saturated carbocycles. The van der Waals surface area contributed by atoms with Crippen LogP contribution in [0.1, 0.15) is 75.1 Å². The molecule has 0 radical (unpaired) electrons. The lowest BCUT2D eigenvalue weighted by Crippen LogP contribution is -2.36. The summed E-state index contributed by atoms with van der Waals surface area (Å²) in [6.45, 7) is 6.54. The average Bonchev–Trinajstić information content (AvgIpc) is 3.30. The van der Waals surface area contributed by atoms with Gasteiger partial charge in [0.15, 0.2) is 0 Å². The lowest BCUT2D eigenvalue weighted by Gasteiger charge is -2.33. The molecule has 1 aromatic heterocycles. The summed E-state index contributed by atoms with van der Waals surface area (Å²) in [6.07, 6.45) is 4.82. The molecule has 1 fully saturated rings. The van der Waals surface area contributed by atoms with Gasteiger partial charge in [-0.05, 0) is 87.3 Å². The van der Waals surface area contributed by atoms with Gasteiger partial charge in [-0.15, -0.1) is 0 Å². The van der Waals surface area contributed by atoms with Crippen molar-refractivity contribution in [3.63, 3.8) is 0 Å². The maximum atomic E-state index is 12.9. The minimum Gasteiger partial charge on any atom is -0.356 e. The minimum atomic E-state index is -0.195. The van der Waals surface area contributed by atoms with Crippen LogP contribution in [0.5, 0.6) is 0 Å². The summed E-state index contributed by atoms with van der Waals surface area (Å²) < 4.78 is 0. The van der Waals surface area contributed by atoms with Crippen LogP contribution in [0, 0.1) is 19.8 Å². The van der Waals surface area contributed by atoms with E-state index in [0.29, 0.717) is 28.6 Å². The fourth-order valence-electron chi connectivity index (χ4n) is 5.58. The molecule has 0 spiro atoms. The third-order valence-corrected chi connectivity index (χ3v) is 7.97. The lowest BCUT2D eigenvalue weighted by molar-refractivity contribution is 0.0935. The number of hydrogen-bond acceptors (Lipinski definition) is 5.